The molecule has 1 heterocycles. The van der Waals surface area contributed by atoms with Crippen LogP contribution in [-0.4, -0.2) is 7.11 Å². The molecule has 0 fully saturated rings. The van der Waals surface area contributed by atoms with Crippen molar-refractivity contribution >= 4 is 11.0 Å². The number of hydrazine groups is 1. The molecule has 4 nitrogen and oxygen atoms in total. The zero-order chi connectivity index (χ0) is 14.8. The molecule has 0 saturated carbocycles. The van der Waals surface area contributed by atoms with Crippen molar-refractivity contribution in [2.75, 3.05) is 7.11 Å². The molecule has 0 aliphatic heterocycles. The Kier molecular flexibility index (Phi) is 3.60. The molecule has 3 aromatic rings. The molecular formula is C16H15FN2O2. The summed E-state index contributed by atoms with van der Waals surface area (Å²) in [7, 11) is 1.61. The van der Waals surface area contributed by atoms with Gasteiger partial charge in [0.15, 0.2) is 0 Å². The lowest BCUT2D eigenvalue weighted by molar-refractivity contribution is 0.414. The van der Waals surface area contributed by atoms with E-state index in [-0.39, 0.29) is 11.9 Å². The van der Waals surface area contributed by atoms with Gasteiger partial charge in [-0.05, 0) is 42.0 Å². The monoisotopic (exact) mass is 286 g/mol. The Morgan fingerprint density at radius 3 is 2.57 bits per heavy atom. The third-order valence-electron chi connectivity index (χ3n) is 3.40. The summed E-state index contributed by atoms with van der Waals surface area (Å²) in [6.07, 6.45) is 0. The molecule has 0 aliphatic carbocycles. The molecule has 3 N–H and O–H groups in total. The minimum Gasteiger partial charge on any atom is -0.497 e. The maximum atomic E-state index is 13.2. The van der Waals surface area contributed by atoms with E-state index in [1.54, 1.807) is 19.2 Å². The van der Waals surface area contributed by atoms with Crippen molar-refractivity contribution in [3.63, 3.8) is 0 Å². The zero-order valence-electron chi connectivity index (χ0n) is 11.5. The third kappa shape index (κ3) is 2.61. The van der Waals surface area contributed by atoms with Crippen LogP contribution in [0.5, 0.6) is 5.75 Å². The molecule has 1 aromatic heterocycles. The van der Waals surface area contributed by atoms with Crippen LogP contribution in [0.15, 0.2) is 52.9 Å². The fraction of sp³-hybridized carbons (Fsp3) is 0.125. The lowest BCUT2D eigenvalue weighted by Gasteiger charge is -2.14. The van der Waals surface area contributed by atoms with E-state index in [0.717, 1.165) is 11.3 Å². The van der Waals surface area contributed by atoms with Crippen molar-refractivity contribution in [1.82, 2.24) is 5.43 Å². The number of hydrogen-bond acceptors (Lipinski definition) is 4. The highest BCUT2D eigenvalue weighted by Crippen LogP contribution is 2.29. The number of furan rings is 1. The summed E-state index contributed by atoms with van der Waals surface area (Å²) in [6, 6.07) is 13.4. The van der Waals surface area contributed by atoms with Gasteiger partial charge in [0.05, 0.1) is 7.11 Å². The quantitative estimate of drug-likeness (QED) is 0.571. The van der Waals surface area contributed by atoms with Crippen molar-refractivity contribution in [2.24, 2.45) is 5.84 Å². The molecule has 2 aromatic carbocycles. The predicted octanol–water partition coefficient (Wildman–Crippen LogP) is 3.13. The van der Waals surface area contributed by atoms with E-state index < -0.39 is 0 Å². The van der Waals surface area contributed by atoms with Gasteiger partial charge in [0.2, 0.25) is 0 Å². The standard InChI is InChI=1S/C16H15FN2O2/c1-20-13-5-2-10(3-6-13)16(19-18)15-9-11-8-12(17)4-7-14(11)21-15/h2-9,16,19H,18H2,1H3. The first kappa shape index (κ1) is 13.6. The number of hydrogen-bond donors (Lipinski definition) is 2. The molecule has 0 aliphatic rings. The van der Waals surface area contributed by atoms with Gasteiger partial charge in [-0.25, -0.2) is 9.82 Å². The van der Waals surface area contributed by atoms with Crippen LogP contribution in [0.2, 0.25) is 0 Å². The van der Waals surface area contributed by atoms with E-state index in [9.17, 15) is 4.39 Å². The van der Waals surface area contributed by atoms with Crippen LogP contribution < -0.4 is 16.0 Å². The molecule has 1 unspecified atom stereocenters. The highest BCUT2D eigenvalue weighted by molar-refractivity contribution is 5.78. The van der Waals surface area contributed by atoms with Crippen molar-refractivity contribution in [3.8, 4) is 5.75 Å². The molecule has 1 atom stereocenters. The van der Waals surface area contributed by atoms with Crippen LogP contribution in [0.4, 0.5) is 4.39 Å². The van der Waals surface area contributed by atoms with Crippen molar-refractivity contribution in [2.45, 2.75) is 6.04 Å². The van der Waals surface area contributed by atoms with Crippen LogP contribution in [0.25, 0.3) is 11.0 Å². The Balaban J connectivity index is 2.00. The second-order valence-electron chi connectivity index (χ2n) is 4.70. The first-order valence-corrected chi connectivity index (χ1v) is 6.50. The normalized spacial score (nSPS) is 12.5. The van der Waals surface area contributed by atoms with Gasteiger partial charge in [0.1, 0.15) is 29.0 Å². The van der Waals surface area contributed by atoms with E-state index in [1.165, 1.54) is 12.1 Å². The number of nitrogens with one attached hydrogen (secondary N) is 1. The number of methoxy groups -OCH3 is 1. The van der Waals surface area contributed by atoms with Crippen molar-refractivity contribution < 1.29 is 13.5 Å². The number of halogens is 1. The summed E-state index contributed by atoms with van der Waals surface area (Å²) in [5, 5.41) is 0.707. The van der Waals surface area contributed by atoms with Gasteiger partial charge in [-0.3, -0.25) is 5.84 Å². The van der Waals surface area contributed by atoms with Gasteiger partial charge in [-0.15, -0.1) is 0 Å². The molecule has 0 saturated heterocycles. The third-order valence-corrected chi connectivity index (χ3v) is 3.40. The van der Waals surface area contributed by atoms with E-state index >= 15 is 0 Å². The fourth-order valence-corrected chi connectivity index (χ4v) is 2.32. The van der Waals surface area contributed by atoms with E-state index in [0.29, 0.717) is 16.7 Å². The Morgan fingerprint density at radius 1 is 1.14 bits per heavy atom. The first-order valence-electron chi connectivity index (χ1n) is 6.50. The smallest absolute Gasteiger partial charge is 0.134 e. The molecule has 0 bridgehead atoms. The average molecular weight is 286 g/mol. The Labute approximate surface area is 121 Å². The average Bonchev–Trinajstić information content (AvgIpc) is 2.91. The zero-order valence-corrected chi connectivity index (χ0v) is 11.5. The van der Waals surface area contributed by atoms with Crippen LogP contribution in [0.3, 0.4) is 0 Å². The van der Waals surface area contributed by atoms with Crippen LogP contribution >= 0.6 is 0 Å². The van der Waals surface area contributed by atoms with Gasteiger partial charge in [0.25, 0.3) is 0 Å². The molecule has 21 heavy (non-hydrogen) atoms. The number of rotatable bonds is 4. The van der Waals surface area contributed by atoms with Crippen LogP contribution in [0.1, 0.15) is 17.4 Å². The molecule has 3 rings (SSSR count). The Bertz CT molecular complexity index is 753. The van der Waals surface area contributed by atoms with E-state index in [1.807, 2.05) is 24.3 Å². The Morgan fingerprint density at radius 2 is 1.90 bits per heavy atom. The summed E-state index contributed by atoms with van der Waals surface area (Å²) in [4.78, 5) is 0. The van der Waals surface area contributed by atoms with Crippen molar-refractivity contribution in [1.29, 1.82) is 0 Å². The second-order valence-corrected chi connectivity index (χ2v) is 4.70. The molecule has 108 valence electrons. The largest absolute Gasteiger partial charge is 0.497 e. The maximum Gasteiger partial charge on any atom is 0.134 e. The van der Waals surface area contributed by atoms with E-state index in [2.05, 4.69) is 5.43 Å². The van der Waals surface area contributed by atoms with Gasteiger partial charge in [-0.1, -0.05) is 12.1 Å². The molecule has 5 heteroatoms. The van der Waals surface area contributed by atoms with Gasteiger partial charge >= 0.3 is 0 Å². The lowest BCUT2D eigenvalue weighted by atomic mass is 10.0. The number of ether oxygens (including phenoxy) is 1. The van der Waals surface area contributed by atoms with Crippen molar-refractivity contribution in [3.05, 3.63) is 65.7 Å². The molecule has 0 amide bonds. The summed E-state index contributed by atoms with van der Waals surface area (Å²) in [5.74, 6) is 6.74. The van der Waals surface area contributed by atoms with E-state index in [4.69, 9.17) is 15.0 Å². The summed E-state index contributed by atoms with van der Waals surface area (Å²) in [6.45, 7) is 0. The SMILES string of the molecule is COc1ccc(C(NN)c2cc3cc(F)ccc3o2)cc1. The summed E-state index contributed by atoms with van der Waals surface area (Å²) >= 11 is 0. The van der Waals surface area contributed by atoms with Crippen LogP contribution in [-0.2, 0) is 0 Å². The number of fused-ring (bicyclic) bond motifs is 1. The maximum absolute atomic E-state index is 13.2. The predicted molar refractivity (Wildman–Crippen MR) is 78.3 cm³/mol. The van der Waals surface area contributed by atoms with Gasteiger partial charge in [-0.2, -0.15) is 0 Å². The minimum atomic E-state index is -0.314. The number of nitrogens with two attached hydrogens (primary N) is 1. The van der Waals surface area contributed by atoms with Crippen LogP contribution in [0, 0.1) is 5.82 Å². The first-order chi connectivity index (χ1) is 10.2. The van der Waals surface area contributed by atoms with Gasteiger partial charge in [0, 0.05) is 5.39 Å². The Hall–Kier alpha value is -2.37. The number of benzene rings is 2. The summed E-state index contributed by atoms with van der Waals surface area (Å²) < 4.78 is 24.1. The highest BCUT2D eigenvalue weighted by Gasteiger charge is 2.17. The lowest BCUT2D eigenvalue weighted by Crippen LogP contribution is -2.28. The molecule has 0 spiro atoms. The summed E-state index contributed by atoms with van der Waals surface area (Å²) in [5.41, 5.74) is 4.27. The molecular weight excluding hydrogens is 271 g/mol. The molecule has 0 radical (unpaired) electrons. The fourth-order valence-electron chi connectivity index (χ4n) is 2.32. The topological polar surface area (TPSA) is 60.4 Å². The van der Waals surface area contributed by atoms with Gasteiger partial charge < -0.3 is 9.15 Å². The minimum absolute atomic E-state index is 0.295. The second kappa shape index (κ2) is 5.55. The highest BCUT2D eigenvalue weighted by atomic mass is 19.1.